The Morgan fingerprint density at radius 1 is 0.815 bits per heavy atom. The average molecular weight is 388 g/mol. The topological polar surface area (TPSA) is 27.7 Å². The molecule has 0 aromatic rings. The molecule has 27 heavy (non-hydrogen) atoms. The quantitative estimate of drug-likeness (QED) is 0.746. The second-order valence-electron chi connectivity index (χ2n) is 6.94. The number of ether oxygens (including phenoxy) is 1. The Morgan fingerprint density at radius 2 is 1.37 bits per heavy atom. The molecule has 2 aliphatic heterocycles. The molecule has 0 aliphatic carbocycles. The molecule has 166 valence electrons. The number of nitrogens with one attached hydrogen (secondary N) is 1. The van der Waals surface area contributed by atoms with E-state index in [9.17, 15) is 0 Å². The fraction of sp³-hybridized carbons (Fsp3) is 1.00. The maximum atomic E-state index is 5.87. The number of hydrogen-bond acceptors (Lipinski definition) is 4. The highest BCUT2D eigenvalue weighted by molar-refractivity contribution is 4.73. The summed E-state index contributed by atoms with van der Waals surface area (Å²) in [6.45, 7) is 26.7. The lowest BCUT2D eigenvalue weighted by atomic mass is 9.97. The molecule has 2 fully saturated rings. The molecule has 4 heteroatoms. The number of nitrogens with zero attached hydrogens (tertiary/aromatic N) is 2. The van der Waals surface area contributed by atoms with E-state index in [4.69, 9.17) is 4.74 Å². The van der Waals surface area contributed by atoms with E-state index in [0.29, 0.717) is 6.04 Å². The van der Waals surface area contributed by atoms with E-state index >= 15 is 0 Å². The van der Waals surface area contributed by atoms with Gasteiger partial charge in [0.05, 0.1) is 13.2 Å². The zero-order valence-electron chi connectivity index (χ0n) is 20.1. The highest BCUT2D eigenvalue weighted by Crippen LogP contribution is 2.14. The Bertz CT molecular complexity index is 268. The summed E-state index contributed by atoms with van der Waals surface area (Å²) in [5, 5.41) is 3.47. The third-order valence-corrected chi connectivity index (χ3v) is 4.95. The Labute approximate surface area is 172 Å². The zero-order valence-corrected chi connectivity index (χ0v) is 20.1. The molecule has 0 amide bonds. The van der Waals surface area contributed by atoms with Crippen molar-refractivity contribution in [2.75, 3.05) is 59.0 Å². The number of hydrogen-bond donors (Lipinski definition) is 1. The normalized spacial score (nSPS) is 20.8. The number of piperidine rings is 1. The summed E-state index contributed by atoms with van der Waals surface area (Å²) in [6, 6.07) is 0.639. The van der Waals surface area contributed by atoms with E-state index < -0.39 is 0 Å². The van der Waals surface area contributed by atoms with Crippen LogP contribution in [0.5, 0.6) is 0 Å². The maximum Gasteiger partial charge on any atom is 0.0594 e. The van der Waals surface area contributed by atoms with Crippen LogP contribution in [0.15, 0.2) is 0 Å². The van der Waals surface area contributed by atoms with Crippen molar-refractivity contribution >= 4 is 0 Å². The van der Waals surface area contributed by atoms with E-state index in [1.54, 1.807) is 0 Å². The molecule has 0 aromatic carbocycles. The third-order valence-electron chi connectivity index (χ3n) is 4.95. The second-order valence-corrected chi connectivity index (χ2v) is 6.94. The Hall–Kier alpha value is -0.160. The van der Waals surface area contributed by atoms with Crippen molar-refractivity contribution < 1.29 is 4.74 Å². The summed E-state index contributed by atoms with van der Waals surface area (Å²) in [4.78, 5) is 5.21. The van der Waals surface area contributed by atoms with Gasteiger partial charge < -0.3 is 15.0 Å². The van der Waals surface area contributed by atoms with Gasteiger partial charge in [-0.05, 0) is 71.6 Å². The molecule has 0 spiro atoms. The van der Waals surface area contributed by atoms with Gasteiger partial charge in [-0.15, -0.1) is 0 Å². The van der Waals surface area contributed by atoms with Crippen molar-refractivity contribution in [1.82, 2.24) is 15.1 Å². The van der Waals surface area contributed by atoms with Gasteiger partial charge in [0, 0.05) is 25.7 Å². The fourth-order valence-electron chi connectivity index (χ4n) is 3.48. The van der Waals surface area contributed by atoms with Crippen LogP contribution < -0.4 is 5.32 Å². The summed E-state index contributed by atoms with van der Waals surface area (Å²) in [5.41, 5.74) is 0. The smallest absolute Gasteiger partial charge is 0.0594 e. The highest BCUT2D eigenvalue weighted by atomic mass is 16.5. The molecular weight excluding hydrogens is 334 g/mol. The monoisotopic (exact) mass is 387 g/mol. The molecule has 0 bridgehead atoms. The third kappa shape index (κ3) is 15.4. The first-order valence-electron chi connectivity index (χ1n) is 12.0. The van der Waals surface area contributed by atoms with Gasteiger partial charge in [0.1, 0.15) is 0 Å². The molecule has 2 heterocycles. The lowest BCUT2D eigenvalue weighted by Gasteiger charge is -2.30. The summed E-state index contributed by atoms with van der Waals surface area (Å²) < 4.78 is 5.87. The zero-order chi connectivity index (χ0) is 20.9. The molecule has 0 atom stereocenters. The average Bonchev–Trinajstić information content (AvgIpc) is 2.78. The number of rotatable bonds is 3. The van der Waals surface area contributed by atoms with Crippen molar-refractivity contribution in [1.29, 1.82) is 0 Å². The van der Waals surface area contributed by atoms with Gasteiger partial charge in [0.15, 0.2) is 0 Å². The molecule has 2 saturated heterocycles. The van der Waals surface area contributed by atoms with Crippen molar-refractivity contribution in [3.05, 3.63) is 0 Å². The van der Waals surface area contributed by atoms with Gasteiger partial charge in [0.2, 0.25) is 0 Å². The van der Waals surface area contributed by atoms with E-state index in [0.717, 1.165) is 32.2 Å². The lowest BCUT2D eigenvalue weighted by Crippen LogP contribution is -2.38. The van der Waals surface area contributed by atoms with Crippen molar-refractivity contribution in [2.45, 2.75) is 87.1 Å². The first-order chi connectivity index (χ1) is 13.3. The van der Waals surface area contributed by atoms with Crippen LogP contribution in [0.1, 0.15) is 81.1 Å². The van der Waals surface area contributed by atoms with Crippen LogP contribution >= 0.6 is 0 Å². The van der Waals surface area contributed by atoms with Crippen molar-refractivity contribution in [3.8, 4) is 0 Å². The van der Waals surface area contributed by atoms with Gasteiger partial charge >= 0.3 is 0 Å². The van der Waals surface area contributed by atoms with Gasteiger partial charge in [-0.1, -0.05) is 41.5 Å². The molecule has 1 N–H and O–H groups in total. The van der Waals surface area contributed by atoms with Crippen LogP contribution in [0.25, 0.3) is 0 Å². The summed E-state index contributed by atoms with van der Waals surface area (Å²) >= 11 is 0. The van der Waals surface area contributed by atoms with Crippen LogP contribution in [-0.4, -0.2) is 74.9 Å². The first-order valence-corrected chi connectivity index (χ1v) is 12.0. The van der Waals surface area contributed by atoms with Crippen LogP contribution in [0, 0.1) is 5.92 Å². The molecule has 0 radical (unpaired) electrons. The largest absolute Gasteiger partial charge is 0.379 e. The van der Waals surface area contributed by atoms with Crippen LogP contribution in [0.4, 0.5) is 0 Å². The van der Waals surface area contributed by atoms with Gasteiger partial charge in [-0.25, -0.2) is 0 Å². The lowest BCUT2D eigenvalue weighted by molar-refractivity contribution is 0.0766. The van der Waals surface area contributed by atoms with E-state index in [2.05, 4.69) is 29.0 Å². The van der Waals surface area contributed by atoms with Crippen LogP contribution in [0.3, 0.4) is 0 Å². The maximum absolute atomic E-state index is 5.87. The SMILES string of the molecule is CC.CC.CC.CC(C)N1CCCCN(CC2CCNCC2)CCOCC1. The highest BCUT2D eigenvalue weighted by Gasteiger charge is 2.17. The molecule has 0 aromatic heterocycles. The van der Waals surface area contributed by atoms with E-state index in [1.165, 1.54) is 58.4 Å². The van der Waals surface area contributed by atoms with Crippen LogP contribution in [0.2, 0.25) is 0 Å². The fourth-order valence-corrected chi connectivity index (χ4v) is 3.48. The minimum absolute atomic E-state index is 0.639. The Kier molecular flexibility index (Phi) is 23.8. The molecule has 4 nitrogen and oxygen atoms in total. The van der Waals surface area contributed by atoms with E-state index in [1.807, 2.05) is 41.5 Å². The standard InChI is InChI=1S/C17H35N3O.3C2H6/c1-16(2)20-10-4-3-9-19(11-13-21-14-12-20)15-17-5-7-18-8-6-17;3*1-2/h16-18H,3-15H2,1-2H3;3*1-2H3. The molecular formula is C23H53N3O. The summed E-state index contributed by atoms with van der Waals surface area (Å²) in [5.74, 6) is 0.892. The predicted molar refractivity (Wildman–Crippen MR) is 123 cm³/mol. The van der Waals surface area contributed by atoms with Gasteiger partial charge in [-0.3, -0.25) is 4.90 Å². The summed E-state index contributed by atoms with van der Waals surface area (Å²) in [6.07, 6.45) is 5.34. The summed E-state index contributed by atoms with van der Waals surface area (Å²) in [7, 11) is 0. The Morgan fingerprint density at radius 3 is 1.96 bits per heavy atom. The van der Waals surface area contributed by atoms with Crippen LogP contribution in [-0.2, 0) is 4.74 Å². The van der Waals surface area contributed by atoms with Crippen molar-refractivity contribution in [3.63, 3.8) is 0 Å². The second kappa shape index (κ2) is 22.1. The molecule has 0 saturated carbocycles. The van der Waals surface area contributed by atoms with Crippen molar-refractivity contribution in [2.24, 2.45) is 5.92 Å². The van der Waals surface area contributed by atoms with Gasteiger partial charge in [0.25, 0.3) is 0 Å². The minimum Gasteiger partial charge on any atom is -0.379 e. The molecule has 0 unspecified atom stereocenters. The molecule has 2 aliphatic rings. The van der Waals surface area contributed by atoms with Gasteiger partial charge in [-0.2, -0.15) is 0 Å². The minimum atomic E-state index is 0.639. The Balaban J connectivity index is 0. The molecule has 2 rings (SSSR count). The predicted octanol–water partition coefficient (Wildman–Crippen LogP) is 4.89. The first kappa shape index (κ1) is 29.0. The van der Waals surface area contributed by atoms with E-state index in [-0.39, 0.29) is 0 Å².